The molecule has 0 saturated heterocycles. The molecule has 0 aliphatic heterocycles. The molecule has 0 radical (unpaired) electrons. The van der Waals surface area contributed by atoms with E-state index in [1.165, 1.54) is 24.5 Å². The number of carbonyl (C=O) groups is 3. The summed E-state index contributed by atoms with van der Waals surface area (Å²) in [6, 6.07) is 7.34. The van der Waals surface area contributed by atoms with Crippen molar-refractivity contribution in [3.63, 3.8) is 0 Å². The minimum absolute atomic E-state index is 0.236. The number of urea groups is 1. The molecular formula is C20H20N6O5. The zero-order valence-corrected chi connectivity index (χ0v) is 17.0. The Balaban J connectivity index is 1.60. The van der Waals surface area contributed by atoms with E-state index in [1.807, 2.05) is 20.8 Å². The van der Waals surface area contributed by atoms with Crippen molar-refractivity contribution in [3.05, 3.63) is 59.9 Å². The molecule has 2 aromatic heterocycles. The van der Waals surface area contributed by atoms with Crippen LogP contribution < -0.4 is 16.0 Å². The molecule has 0 unspecified atom stereocenters. The summed E-state index contributed by atoms with van der Waals surface area (Å²) in [4.78, 5) is 43.0. The van der Waals surface area contributed by atoms with Crippen LogP contribution in [0.5, 0.6) is 0 Å². The zero-order chi connectivity index (χ0) is 22.6. The lowest BCUT2D eigenvalue weighted by molar-refractivity contribution is 0.0685. The number of aromatic nitrogens is 3. The van der Waals surface area contributed by atoms with E-state index in [1.54, 1.807) is 18.2 Å². The van der Waals surface area contributed by atoms with Crippen LogP contribution in [0.4, 0.5) is 22.0 Å². The van der Waals surface area contributed by atoms with E-state index in [4.69, 9.17) is 9.63 Å². The number of nitrogens with one attached hydrogen (secondary N) is 3. The molecule has 3 aromatic rings. The number of nitrogens with zero attached hydrogens (tertiary/aromatic N) is 3. The highest BCUT2D eigenvalue weighted by atomic mass is 16.5. The fourth-order valence-corrected chi connectivity index (χ4v) is 2.45. The lowest BCUT2D eigenvalue weighted by atomic mass is 9.93. The van der Waals surface area contributed by atoms with E-state index >= 15 is 0 Å². The smallest absolute Gasteiger partial charge is 0.356 e. The first-order valence-electron chi connectivity index (χ1n) is 9.14. The minimum atomic E-state index is -1.36. The summed E-state index contributed by atoms with van der Waals surface area (Å²) in [6.45, 7) is 5.89. The van der Waals surface area contributed by atoms with Crippen LogP contribution in [-0.2, 0) is 5.41 Å². The molecule has 1 aromatic carbocycles. The Hall–Kier alpha value is -4.28. The SMILES string of the molecule is CC(C)(C)c1cc(NC(=O)Nc2ccc(NC(=O)c3nccnc3C(=O)O)cc2)no1. The van der Waals surface area contributed by atoms with E-state index in [0.29, 0.717) is 17.1 Å². The van der Waals surface area contributed by atoms with Crippen molar-refractivity contribution in [2.45, 2.75) is 26.2 Å². The highest BCUT2D eigenvalue weighted by molar-refractivity contribution is 6.08. The Kier molecular flexibility index (Phi) is 5.95. The predicted octanol–water partition coefficient (Wildman–Crippen LogP) is 3.36. The number of carboxylic acids is 1. The van der Waals surface area contributed by atoms with Gasteiger partial charge in [0.15, 0.2) is 17.2 Å². The summed E-state index contributed by atoms with van der Waals surface area (Å²) >= 11 is 0. The summed E-state index contributed by atoms with van der Waals surface area (Å²) in [5.74, 6) is -1.16. The van der Waals surface area contributed by atoms with Crippen molar-refractivity contribution in [1.82, 2.24) is 15.1 Å². The van der Waals surface area contributed by atoms with Gasteiger partial charge in [-0.05, 0) is 24.3 Å². The van der Waals surface area contributed by atoms with Crippen LogP contribution in [0.2, 0.25) is 0 Å². The molecular weight excluding hydrogens is 404 g/mol. The lowest BCUT2D eigenvalue weighted by Crippen LogP contribution is -2.20. The maximum Gasteiger partial charge on any atom is 0.356 e. The molecule has 0 spiro atoms. The molecule has 160 valence electrons. The maximum absolute atomic E-state index is 12.3. The molecule has 31 heavy (non-hydrogen) atoms. The average Bonchev–Trinajstić information content (AvgIpc) is 3.18. The lowest BCUT2D eigenvalue weighted by Gasteiger charge is -2.12. The molecule has 3 rings (SSSR count). The summed E-state index contributed by atoms with van der Waals surface area (Å²) in [5.41, 5.74) is -0.151. The molecule has 3 amide bonds. The van der Waals surface area contributed by atoms with Gasteiger partial charge < -0.3 is 20.3 Å². The highest BCUT2D eigenvalue weighted by Crippen LogP contribution is 2.24. The van der Waals surface area contributed by atoms with Crippen molar-refractivity contribution in [2.75, 3.05) is 16.0 Å². The van der Waals surface area contributed by atoms with Gasteiger partial charge in [-0.2, -0.15) is 0 Å². The maximum atomic E-state index is 12.3. The van der Waals surface area contributed by atoms with Gasteiger partial charge in [-0.3, -0.25) is 10.1 Å². The van der Waals surface area contributed by atoms with Crippen LogP contribution in [0.1, 0.15) is 47.5 Å². The second kappa shape index (κ2) is 8.61. The second-order valence-corrected chi connectivity index (χ2v) is 7.50. The fraction of sp³-hybridized carbons (Fsp3) is 0.200. The van der Waals surface area contributed by atoms with E-state index < -0.39 is 23.6 Å². The molecule has 0 bridgehead atoms. The summed E-state index contributed by atoms with van der Waals surface area (Å²) in [7, 11) is 0. The Morgan fingerprint density at radius 3 is 2.03 bits per heavy atom. The van der Waals surface area contributed by atoms with Crippen LogP contribution in [0.3, 0.4) is 0 Å². The van der Waals surface area contributed by atoms with E-state index in [0.717, 1.165) is 0 Å². The predicted molar refractivity (Wildman–Crippen MR) is 111 cm³/mol. The van der Waals surface area contributed by atoms with Crippen molar-refractivity contribution < 1.29 is 24.0 Å². The summed E-state index contributed by atoms with van der Waals surface area (Å²) in [5, 5.41) is 20.7. The van der Waals surface area contributed by atoms with Crippen LogP contribution in [0, 0.1) is 0 Å². The molecule has 0 fully saturated rings. The van der Waals surface area contributed by atoms with Gasteiger partial charge in [0.25, 0.3) is 5.91 Å². The van der Waals surface area contributed by atoms with Crippen molar-refractivity contribution >= 4 is 35.1 Å². The Morgan fingerprint density at radius 2 is 1.48 bits per heavy atom. The van der Waals surface area contributed by atoms with Crippen LogP contribution in [-0.4, -0.2) is 38.1 Å². The molecule has 0 saturated carbocycles. The van der Waals surface area contributed by atoms with Gasteiger partial charge in [-0.1, -0.05) is 25.9 Å². The van der Waals surface area contributed by atoms with Gasteiger partial charge in [0.2, 0.25) is 0 Å². The van der Waals surface area contributed by atoms with Crippen molar-refractivity contribution in [3.8, 4) is 0 Å². The monoisotopic (exact) mass is 424 g/mol. The Morgan fingerprint density at radius 1 is 0.903 bits per heavy atom. The normalized spacial score (nSPS) is 10.9. The highest BCUT2D eigenvalue weighted by Gasteiger charge is 2.21. The molecule has 0 aliphatic carbocycles. The number of carbonyl (C=O) groups excluding carboxylic acids is 2. The molecule has 11 nitrogen and oxygen atoms in total. The number of rotatable bonds is 5. The standard InChI is InChI=1S/C20H20N6O5/c1-20(2,3)13-10-14(26-31-13)25-19(30)24-12-6-4-11(5-7-12)23-17(27)15-16(18(28)29)22-9-8-21-15/h4-10H,1-3H3,(H,23,27)(H,28,29)(H2,24,25,26,30). The fourth-order valence-electron chi connectivity index (χ4n) is 2.45. The van der Waals surface area contributed by atoms with Crippen molar-refractivity contribution in [1.29, 1.82) is 0 Å². The van der Waals surface area contributed by atoms with Gasteiger partial charge in [0.1, 0.15) is 5.76 Å². The Labute approximate surface area is 176 Å². The van der Waals surface area contributed by atoms with Gasteiger partial charge >= 0.3 is 12.0 Å². The zero-order valence-electron chi connectivity index (χ0n) is 17.0. The average molecular weight is 424 g/mol. The number of aromatic carboxylic acids is 1. The Bertz CT molecular complexity index is 1120. The first-order chi connectivity index (χ1) is 14.6. The summed E-state index contributed by atoms with van der Waals surface area (Å²) < 4.78 is 5.21. The number of hydrogen-bond acceptors (Lipinski definition) is 7. The second-order valence-electron chi connectivity index (χ2n) is 7.50. The number of amides is 3. The molecule has 0 atom stereocenters. The first-order valence-corrected chi connectivity index (χ1v) is 9.14. The number of hydrogen-bond donors (Lipinski definition) is 4. The van der Waals surface area contributed by atoms with Crippen LogP contribution in [0.25, 0.3) is 0 Å². The van der Waals surface area contributed by atoms with E-state index in [-0.39, 0.29) is 16.9 Å². The quantitative estimate of drug-likeness (QED) is 0.485. The third-order valence-electron chi connectivity index (χ3n) is 4.01. The molecule has 11 heteroatoms. The third kappa shape index (κ3) is 5.41. The van der Waals surface area contributed by atoms with Crippen molar-refractivity contribution in [2.24, 2.45) is 0 Å². The van der Waals surface area contributed by atoms with Gasteiger partial charge in [-0.15, -0.1) is 0 Å². The van der Waals surface area contributed by atoms with Crippen LogP contribution >= 0.6 is 0 Å². The number of anilines is 3. The van der Waals surface area contributed by atoms with Crippen LogP contribution in [0.15, 0.2) is 47.2 Å². The van der Waals surface area contributed by atoms with E-state index in [2.05, 4.69) is 31.1 Å². The third-order valence-corrected chi connectivity index (χ3v) is 4.01. The van der Waals surface area contributed by atoms with E-state index in [9.17, 15) is 14.4 Å². The number of benzene rings is 1. The molecule has 0 aliphatic rings. The molecule has 4 N–H and O–H groups in total. The molecule has 2 heterocycles. The minimum Gasteiger partial charge on any atom is -0.476 e. The van der Waals surface area contributed by atoms with Gasteiger partial charge in [0.05, 0.1) is 0 Å². The van der Waals surface area contributed by atoms with Gasteiger partial charge in [0, 0.05) is 35.2 Å². The number of carboxylic acid groups (broad SMARTS) is 1. The van der Waals surface area contributed by atoms with Gasteiger partial charge in [-0.25, -0.2) is 19.6 Å². The largest absolute Gasteiger partial charge is 0.476 e. The first kappa shape index (κ1) is 21.4. The topological polar surface area (TPSA) is 159 Å². The summed E-state index contributed by atoms with van der Waals surface area (Å²) in [6.07, 6.45) is 2.42.